The summed E-state index contributed by atoms with van der Waals surface area (Å²) in [5.74, 6) is -0.236. The fourth-order valence-corrected chi connectivity index (χ4v) is 3.05. The second-order valence-corrected chi connectivity index (χ2v) is 7.48. The van der Waals surface area contributed by atoms with E-state index in [1.165, 1.54) is 24.3 Å². The molecule has 1 aliphatic carbocycles. The Morgan fingerprint density at radius 3 is 2.19 bits per heavy atom. The zero-order valence-electron chi connectivity index (χ0n) is 17.6. The molecule has 3 rings (SSSR count). The van der Waals surface area contributed by atoms with Gasteiger partial charge in [0.05, 0.1) is 19.3 Å². The molecule has 0 heterocycles. The number of carbonyl (C=O) groups excluding carboxylic acids is 2. The van der Waals surface area contributed by atoms with Gasteiger partial charge in [0.25, 0.3) is 5.91 Å². The van der Waals surface area contributed by atoms with Crippen LogP contribution in [0.3, 0.4) is 0 Å². The van der Waals surface area contributed by atoms with Crippen molar-refractivity contribution in [3.05, 3.63) is 65.2 Å². The van der Waals surface area contributed by atoms with Gasteiger partial charge in [-0.25, -0.2) is 4.79 Å². The fourth-order valence-electron chi connectivity index (χ4n) is 3.05. The van der Waals surface area contributed by atoms with Crippen molar-refractivity contribution in [3.63, 3.8) is 0 Å². The average molecular weight is 451 g/mol. The van der Waals surface area contributed by atoms with Gasteiger partial charge in [-0.3, -0.25) is 4.79 Å². The van der Waals surface area contributed by atoms with Crippen LogP contribution in [0, 0.1) is 0 Å². The maximum atomic E-state index is 12.7. The molecule has 1 amide bonds. The lowest BCUT2D eigenvalue weighted by molar-refractivity contribution is -0.176. The Bertz CT molecular complexity index is 909. The topological polar surface area (TPSA) is 65.1 Å². The highest BCUT2D eigenvalue weighted by Crippen LogP contribution is 2.29. The van der Waals surface area contributed by atoms with Crippen LogP contribution in [0.25, 0.3) is 0 Å². The SMILES string of the molecule is COc1ccc(CN(C(=O)COC(=O)c2ccc(COCC(F)(F)F)cc2)C2CC2)cc1. The van der Waals surface area contributed by atoms with Gasteiger partial charge in [-0.2, -0.15) is 13.2 Å². The second-order valence-electron chi connectivity index (χ2n) is 7.48. The minimum Gasteiger partial charge on any atom is -0.497 e. The van der Waals surface area contributed by atoms with Crippen LogP contribution in [0.1, 0.15) is 34.3 Å². The average Bonchev–Trinajstić information content (AvgIpc) is 3.61. The van der Waals surface area contributed by atoms with Crippen LogP contribution in [0.2, 0.25) is 0 Å². The summed E-state index contributed by atoms with van der Waals surface area (Å²) < 4.78 is 51.2. The molecule has 2 aromatic carbocycles. The van der Waals surface area contributed by atoms with Crippen molar-refractivity contribution in [1.29, 1.82) is 0 Å². The van der Waals surface area contributed by atoms with Gasteiger partial charge >= 0.3 is 12.1 Å². The number of benzene rings is 2. The van der Waals surface area contributed by atoms with Gasteiger partial charge < -0.3 is 19.1 Å². The number of rotatable bonds is 10. The highest BCUT2D eigenvalue weighted by atomic mass is 19.4. The van der Waals surface area contributed by atoms with Crippen molar-refractivity contribution < 1.29 is 37.0 Å². The van der Waals surface area contributed by atoms with Gasteiger partial charge in [0.2, 0.25) is 0 Å². The zero-order valence-corrected chi connectivity index (χ0v) is 17.6. The molecule has 0 N–H and O–H groups in total. The highest BCUT2D eigenvalue weighted by molar-refractivity contribution is 5.91. The first-order chi connectivity index (χ1) is 15.2. The summed E-state index contributed by atoms with van der Waals surface area (Å²) in [5.41, 5.74) is 1.63. The van der Waals surface area contributed by atoms with Crippen molar-refractivity contribution in [2.75, 3.05) is 20.3 Å². The number of halogens is 3. The molecule has 0 unspecified atom stereocenters. The molecular weight excluding hydrogens is 427 g/mol. The zero-order chi connectivity index (χ0) is 23.1. The third-order valence-electron chi connectivity index (χ3n) is 4.87. The van der Waals surface area contributed by atoms with E-state index in [2.05, 4.69) is 4.74 Å². The molecule has 0 bridgehead atoms. The van der Waals surface area contributed by atoms with E-state index in [1.807, 2.05) is 24.3 Å². The number of ether oxygens (including phenoxy) is 3. The molecule has 2 aromatic rings. The van der Waals surface area contributed by atoms with Crippen molar-refractivity contribution in [2.45, 2.75) is 38.2 Å². The molecule has 172 valence electrons. The number of hydrogen-bond donors (Lipinski definition) is 0. The normalized spacial score (nSPS) is 13.5. The van der Waals surface area contributed by atoms with Crippen molar-refractivity contribution in [3.8, 4) is 5.75 Å². The van der Waals surface area contributed by atoms with Crippen LogP contribution < -0.4 is 4.74 Å². The monoisotopic (exact) mass is 451 g/mol. The molecule has 0 saturated heterocycles. The number of hydrogen-bond acceptors (Lipinski definition) is 5. The molecule has 1 aliphatic rings. The van der Waals surface area contributed by atoms with Crippen molar-refractivity contribution >= 4 is 11.9 Å². The van der Waals surface area contributed by atoms with Crippen LogP contribution in [0.5, 0.6) is 5.75 Å². The van der Waals surface area contributed by atoms with Crippen LogP contribution >= 0.6 is 0 Å². The summed E-state index contributed by atoms with van der Waals surface area (Å²) in [7, 11) is 1.58. The predicted octanol–water partition coefficient (Wildman–Crippen LogP) is 4.12. The van der Waals surface area contributed by atoms with E-state index in [1.54, 1.807) is 12.0 Å². The lowest BCUT2D eigenvalue weighted by Gasteiger charge is -2.22. The predicted molar refractivity (Wildman–Crippen MR) is 109 cm³/mol. The number of alkyl halides is 3. The first-order valence-electron chi connectivity index (χ1n) is 10.1. The molecular formula is C23H24F3NO5. The van der Waals surface area contributed by atoms with Gasteiger partial charge in [-0.15, -0.1) is 0 Å². The Labute approximate surface area is 183 Å². The summed E-state index contributed by atoms with van der Waals surface area (Å²) in [6.45, 7) is -1.54. The van der Waals surface area contributed by atoms with Gasteiger partial charge in [-0.05, 0) is 48.2 Å². The Morgan fingerprint density at radius 2 is 1.62 bits per heavy atom. The number of nitrogens with zero attached hydrogens (tertiary/aromatic N) is 1. The fraction of sp³-hybridized carbons (Fsp3) is 0.391. The molecule has 0 aromatic heterocycles. The maximum absolute atomic E-state index is 12.7. The summed E-state index contributed by atoms with van der Waals surface area (Å²) >= 11 is 0. The number of esters is 1. The Hall–Kier alpha value is -3.07. The molecule has 6 nitrogen and oxygen atoms in total. The summed E-state index contributed by atoms with van der Waals surface area (Å²) in [4.78, 5) is 26.6. The van der Waals surface area contributed by atoms with E-state index in [-0.39, 0.29) is 30.7 Å². The van der Waals surface area contributed by atoms with Crippen LogP contribution in [-0.2, 0) is 27.4 Å². The largest absolute Gasteiger partial charge is 0.497 e. The first kappa shape index (κ1) is 23.6. The molecule has 0 atom stereocenters. The van der Waals surface area contributed by atoms with Gasteiger partial charge in [0.1, 0.15) is 12.4 Å². The van der Waals surface area contributed by atoms with E-state index in [9.17, 15) is 22.8 Å². The first-order valence-corrected chi connectivity index (χ1v) is 10.1. The summed E-state index contributed by atoms with van der Waals surface area (Å²) in [5, 5.41) is 0. The van der Waals surface area contributed by atoms with E-state index < -0.39 is 18.8 Å². The smallest absolute Gasteiger partial charge is 0.411 e. The third-order valence-corrected chi connectivity index (χ3v) is 4.87. The van der Waals surface area contributed by atoms with E-state index in [0.717, 1.165) is 24.2 Å². The minimum absolute atomic E-state index is 0.138. The number of methoxy groups -OCH3 is 1. The lowest BCUT2D eigenvalue weighted by Crippen LogP contribution is -2.36. The quantitative estimate of drug-likeness (QED) is 0.509. The lowest BCUT2D eigenvalue weighted by atomic mass is 10.1. The molecule has 1 fully saturated rings. The van der Waals surface area contributed by atoms with Crippen LogP contribution in [0.4, 0.5) is 13.2 Å². The molecule has 9 heteroatoms. The molecule has 0 radical (unpaired) electrons. The Kier molecular flexibility index (Phi) is 7.74. The van der Waals surface area contributed by atoms with E-state index in [4.69, 9.17) is 9.47 Å². The maximum Gasteiger partial charge on any atom is 0.411 e. The molecule has 0 aliphatic heterocycles. The molecule has 0 spiro atoms. The minimum atomic E-state index is -4.39. The van der Waals surface area contributed by atoms with Crippen LogP contribution in [0.15, 0.2) is 48.5 Å². The Balaban J connectivity index is 1.49. The Morgan fingerprint density at radius 1 is 1.00 bits per heavy atom. The van der Waals surface area contributed by atoms with Gasteiger partial charge in [0.15, 0.2) is 6.61 Å². The van der Waals surface area contributed by atoms with Gasteiger partial charge in [-0.1, -0.05) is 24.3 Å². The van der Waals surface area contributed by atoms with Crippen molar-refractivity contribution in [1.82, 2.24) is 4.90 Å². The second kappa shape index (κ2) is 10.5. The number of amides is 1. The molecule has 32 heavy (non-hydrogen) atoms. The summed E-state index contributed by atoms with van der Waals surface area (Å²) in [6.07, 6.45) is -2.57. The van der Waals surface area contributed by atoms with E-state index >= 15 is 0 Å². The number of carbonyl (C=O) groups is 2. The van der Waals surface area contributed by atoms with Crippen molar-refractivity contribution in [2.24, 2.45) is 0 Å². The van der Waals surface area contributed by atoms with Gasteiger partial charge in [0, 0.05) is 12.6 Å². The highest BCUT2D eigenvalue weighted by Gasteiger charge is 2.33. The van der Waals surface area contributed by atoms with Crippen LogP contribution in [-0.4, -0.2) is 49.3 Å². The van der Waals surface area contributed by atoms with E-state index in [0.29, 0.717) is 12.1 Å². The standard InChI is InChI=1S/C23H24F3NO5/c1-30-20-10-4-16(5-11-20)12-27(19-8-9-19)21(28)14-32-22(29)18-6-2-17(3-7-18)13-31-15-23(24,25)26/h2-7,10-11,19H,8-9,12-15H2,1H3. The summed E-state index contributed by atoms with van der Waals surface area (Å²) in [6, 6.07) is 13.4. The molecule has 1 saturated carbocycles. The third kappa shape index (κ3) is 7.26.